The monoisotopic (exact) mass is 434 g/mol. The summed E-state index contributed by atoms with van der Waals surface area (Å²) in [5.74, 6) is 1.40. The van der Waals surface area contributed by atoms with Crippen LogP contribution >= 0.6 is 0 Å². The van der Waals surface area contributed by atoms with Gasteiger partial charge in [0.2, 0.25) is 10.0 Å². The second kappa shape index (κ2) is 9.82. The molecule has 0 aromatic heterocycles. The third-order valence-corrected chi connectivity index (χ3v) is 6.86. The first-order chi connectivity index (χ1) is 14.4. The van der Waals surface area contributed by atoms with Gasteiger partial charge in [0, 0.05) is 19.1 Å². The van der Waals surface area contributed by atoms with Crippen LogP contribution in [0.15, 0.2) is 53.4 Å². The Hall–Kier alpha value is -2.78. The lowest BCUT2D eigenvalue weighted by Gasteiger charge is -2.31. The molecule has 1 fully saturated rings. The predicted octanol–water partition coefficient (Wildman–Crippen LogP) is 2.05. The van der Waals surface area contributed by atoms with Crippen molar-refractivity contribution in [1.29, 1.82) is 0 Å². The molecule has 8 nitrogen and oxygen atoms in total. The van der Waals surface area contributed by atoms with Crippen LogP contribution in [0.2, 0.25) is 0 Å². The lowest BCUT2D eigenvalue weighted by molar-refractivity contribution is -0.124. The van der Waals surface area contributed by atoms with E-state index in [1.54, 1.807) is 30.3 Å². The first-order valence-electron chi connectivity index (χ1n) is 9.63. The lowest BCUT2D eigenvalue weighted by Crippen LogP contribution is -2.47. The summed E-state index contributed by atoms with van der Waals surface area (Å²) in [6, 6.07) is 13.3. The van der Waals surface area contributed by atoms with Crippen molar-refractivity contribution < 1.29 is 27.4 Å². The van der Waals surface area contributed by atoms with Crippen LogP contribution in [0.5, 0.6) is 17.2 Å². The number of methoxy groups -OCH3 is 2. The number of para-hydroxylation sites is 2. The van der Waals surface area contributed by atoms with Gasteiger partial charge in [-0.3, -0.25) is 4.79 Å². The van der Waals surface area contributed by atoms with E-state index in [9.17, 15) is 13.2 Å². The van der Waals surface area contributed by atoms with E-state index in [0.29, 0.717) is 43.2 Å². The number of carbonyl (C=O) groups is 1. The Morgan fingerprint density at radius 3 is 2.23 bits per heavy atom. The van der Waals surface area contributed by atoms with Gasteiger partial charge in [-0.2, -0.15) is 4.31 Å². The number of carbonyl (C=O) groups excluding carboxylic acids is 1. The minimum absolute atomic E-state index is 0.0962. The minimum Gasteiger partial charge on any atom is -0.497 e. The van der Waals surface area contributed by atoms with Crippen LogP contribution in [0.3, 0.4) is 0 Å². The van der Waals surface area contributed by atoms with E-state index in [1.807, 2.05) is 6.07 Å². The SMILES string of the molecule is COc1ccc(S(=O)(=O)N2CCC(NC(=O)COc3ccccc3OC)CC2)cc1. The molecule has 30 heavy (non-hydrogen) atoms. The Bertz CT molecular complexity index is 954. The summed E-state index contributed by atoms with van der Waals surface area (Å²) in [6.45, 7) is 0.546. The summed E-state index contributed by atoms with van der Waals surface area (Å²) >= 11 is 0. The van der Waals surface area contributed by atoms with Crippen molar-refractivity contribution in [2.45, 2.75) is 23.8 Å². The molecule has 0 spiro atoms. The molecule has 0 bridgehead atoms. The van der Waals surface area contributed by atoms with Crippen molar-refractivity contribution in [2.24, 2.45) is 0 Å². The summed E-state index contributed by atoms with van der Waals surface area (Å²) in [4.78, 5) is 12.5. The largest absolute Gasteiger partial charge is 0.497 e. The Labute approximate surface area is 176 Å². The molecule has 1 N–H and O–H groups in total. The molecule has 2 aromatic carbocycles. The number of benzene rings is 2. The average Bonchev–Trinajstić information content (AvgIpc) is 2.78. The number of rotatable bonds is 8. The molecule has 2 aromatic rings. The minimum atomic E-state index is -3.57. The Morgan fingerprint density at radius 1 is 1.00 bits per heavy atom. The molecule has 1 aliphatic heterocycles. The van der Waals surface area contributed by atoms with Crippen LogP contribution in [0.25, 0.3) is 0 Å². The zero-order valence-corrected chi connectivity index (χ0v) is 17.9. The summed E-state index contributed by atoms with van der Waals surface area (Å²) in [5.41, 5.74) is 0. The van der Waals surface area contributed by atoms with Gasteiger partial charge in [-0.05, 0) is 49.2 Å². The fourth-order valence-electron chi connectivity index (χ4n) is 3.29. The summed E-state index contributed by atoms with van der Waals surface area (Å²) in [6.07, 6.45) is 1.07. The highest BCUT2D eigenvalue weighted by Crippen LogP contribution is 2.26. The van der Waals surface area contributed by atoms with E-state index in [1.165, 1.54) is 30.7 Å². The van der Waals surface area contributed by atoms with Crippen LogP contribution in [0.1, 0.15) is 12.8 Å². The van der Waals surface area contributed by atoms with Crippen LogP contribution in [0.4, 0.5) is 0 Å². The molecule has 0 atom stereocenters. The second-order valence-corrected chi connectivity index (χ2v) is 8.80. The van der Waals surface area contributed by atoms with E-state index in [-0.39, 0.29) is 23.5 Å². The third-order valence-electron chi connectivity index (χ3n) is 4.94. The standard InChI is InChI=1S/C21H26N2O6S/c1-27-17-7-9-18(10-8-17)30(25,26)23-13-11-16(12-14-23)22-21(24)15-29-20-6-4-3-5-19(20)28-2/h3-10,16H,11-15H2,1-2H3,(H,22,24). The fourth-order valence-corrected chi connectivity index (χ4v) is 4.76. The number of ether oxygens (including phenoxy) is 3. The van der Waals surface area contributed by atoms with Gasteiger partial charge in [0.05, 0.1) is 19.1 Å². The van der Waals surface area contributed by atoms with Gasteiger partial charge in [-0.15, -0.1) is 0 Å². The van der Waals surface area contributed by atoms with Crippen LogP contribution < -0.4 is 19.5 Å². The highest BCUT2D eigenvalue weighted by atomic mass is 32.2. The van der Waals surface area contributed by atoms with Crippen LogP contribution in [0, 0.1) is 0 Å². The maximum Gasteiger partial charge on any atom is 0.258 e. The highest BCUT2D eigenvalue weighted by molar-refractivity contribution is 7.89. The molecule has 1 amide bonds. The number of nitrogens with zero attached hydrogens (tertiary/aromatic N) is 1. The number of hydrogen-bond acceptors (Lipinski definition) is 6. The van der Waals surface area contributed by atoms with Gasteiger partial charge in [0.1, 0.15) is 5.75 Å². The summed E-state index contributed by atoms with van der Waals surface area (Å²) < 4.78 is 42.8. The van der Waals surface area contributed by atoms with Crippen molar-refractivity contribution >= 4 is 15.9 Å². The number of sulfonamides is 1. The number of nitrogens with one attached hydrogen (secondary N) is 1. The van der Waals surface area contributed by atoms with E-state index >= 15 is 0 Å². The van der Waals surface area contributed by atoms with Crippen LogP contribution in [-0.4, -0.2) is 58.6 Å². The molecule has 0 saturated carbocycles. The summed E-state index contributed by atoms with van der Waals surface area (Å²) in [5, 5.41) is 2.91. The fraction of sp³-hybridized carbons (Fsp3) is 0.381. The molecular weight excluding hydrogens is 408 g/mol. The molecule has 1 aliphatic rings. The Morgan fingerprint density at radius 2 is 1.63 bits per heavy atom. The zero-order valence-electron chi connectivity index (χ0n) is 17.0. The summed E-state index contributed by atoms with van der Waals surface area (Å²) in [7, 11) is -0.497. The van der Waals surface area contributed by atoms with Gasteiger partial charge < -0.3 is 19.5 Å². The molecule has 9 heteroatoms. The average molecular weight is 435 g/mol. The predicted molar refractivity (Wildman–Crippen MR) is 111 cm³/mol. The maximum absolute atomic E-state index is 12.8. The lowest BCUT2D eigenvalue weighted by atomic mass is 10.1. The molecule has 1 heterocycles. The molecule has 0 aliphatic carbocycles. The topological polar surface area (TPSA) is 94.2 Å². The molecule has 3 rings (SSSR count). The first kappa shape index (κ1) is 21.9. The Kier molecular flexibility index (Phi) is 7.17. The van der Waals surface area contributed by atoms with Crippen molar-refractivity contribution in [2.75, 3.05) is 33.9 Å². The molecule has 1 saturated heterocycles. The normalized spacial score (nSPS) is 15.4. The van der Waals surface area contributed by atoms with E-state index in [4.69, 9.17) is 14.2 Å². The van der Waals surface area contributed by atoms with E-state index in [2.05, 4.69) is 5.32 Å². The number of hydrogen-bond donors (Lipinski definition) is 1. The van der Waals surface area contributed by atoms with Gasteiger partial charge in [-0.25, -0.2) is 8.42 Å². The van der Waals surface area contributed by atoms with Crippen molar-refractivity contribution in [1.82, 2.24) is 9.62 Å². The van der Waals surface area contributed by atoms with Gasteiger partial charge in [0.15, 0.2) is 18.1 Å². The second-order valence-electron chi connectivity index (χ2n) is 6.86. The molecule has 162 valence electrons. The first-order valence-corrected chi connectivity index (χ1v) is 11.1. The van der Waals surface area contributed by atoms with Crippen LogP contribution in [-0.2, 0) is 14.8 Å². The quantitative estimate of drug-likeness (QED) is 0.684. The maximum atomic E-state index is 12.8. The van der Waals surface area contributed by atoms with Gasteiger partial charge in [-0.1, -0.05) is 12.1 Å². The Balaban J connectivity index is 1.49. The third kappa shape index (κ3) is 5.22. The highest BCUT2D eigenvalue weighted by Gasteiger charge is 2.30. The van der Waals surface area contributed by atoms with E-state index in [0.717, 1.165) is 0 Å². The zero-order chi connectivity index (χ0) is 21.6. The number of piperidine rings is 1. The van der Waals surface area contributed by atoms with Gasteiger partial charge in [0.25, 0.3) is 5.91 Å². The van der Waals surface area contributed by atoms with Gasteiger partial charge >= 0.3 is 0 Å². The molecule has 0 unspecified atom stereocenters. The van der Waals surface area contributed by atoms with Crippen molar-refractivity contribution in [3.05, 3.63) is 48.5 Å². The van der Waals surface area contributed by atoms with Crippen molar-refractivity contribution in [3.8, 4) is 17.2 Å². The van der Waals surface area contributed by atoms with Crippen molar-refractivity contribution in [3.63, 3.8) is 0 Å². The molecule has 0 radical (unpaired) electrons. The smallest absolute Gasteiger partial charge is 0.258 e. The number of amides is 1. The van der Waals surface area contributed by atoms with E-state index < -0.39 is 10.0 Å². The molecular formula is C21H26N2O6S.